The van der Waals surface area contributed by atoms with Crippen LogP contribution in [0.2, 0.25) is 0 Å². The lowest BCUT2D eigenvalue weighted by Gasteiger charge is -2.16. The fourth-order valence-corrected chi connectivity index (χ4v) is 5.69. The summed E-state index contributed by atoms with van der Waals surface area (Å²) in [4.78, 5) is 39.0. The number of hydrogen-bond donors (Lipinski definition) is 1. The molecule has 0 bridgehead atoms. The third-order valence-electron chi connectivity index (χ3n) is 5.82. The van der Waals surface area contributed by atoms with Gasteiger partial charge < -0.3 is 19.5 Å². The van der Waals surface area contributed by atoms with Crippen LogP contribution in [0.1, 0.15) is 16.7 Å². The van der Waals surface area contributed by atoms with Gasteiger partial charge in [-0.15, -0.1) is 0 Å². The topological polar surface area (TPSA) is 94.2 Å². The number of nitrogens with one attached hydrogen (secondary N) is 1. The standard InChI is InChI=1S/C28H21BrF3IN2O6S/c1-39-21-8-5-17(28(30,31)32)12-20(21)34-24(36)13-35-26(37)23(42-27(35)38)11-16-9-19(33)25(22(10-16)40-2)41-14-15-3-6-18(29)7-4-15/h3-12H,13-14H2,1-2H3,(H,34,36)/b23-11-. The van der Waals surface area contributed by atoms with Crippen molar-refractivity contribution in [3.05, 3.63) is 84.2 Å². The van der Waals surface area contributed by atoms with E-state index in [1.165, 1.54) is 20.3 Å². The van der Waals surface area contributed by atoms with Crippen LogP contribution in [-0.4, -0.2) is 42.7 Å². The summed E-state index contributed by atoms with van der Waals surface area (Å²) >= 11 is 6.11. The van der Waals surface area contributed by atoms with E-state index in [9.17, 15) is 27.6 Å². The second-order valence-corrected chi connectivity index (χ2v) is 11.7. The highest BCUT2D eigenvalue weighted by Crippen LogP contribution is 2.38. The summed E-state index contributed by atoms with van der Waals surface area (Å²) in [5.41, 5.74) is 0.256. The average Bonchev–Trinajstić information content (AvgIpc) is 3.19. The number of thioether (sulfide) groups is 1. The van der Waals surface area contributed by atoms with E-state index in [2.05, 4.69) is 43.8 Å². The van der Waals surface area contributed by atoms with Crippen LogP contribution in [0.25, 0.3) is 6.08 Å². The average molecular weight is 777 g/mol. The molecule has 1 N–H and O–H groups in total. The quantitative estimate of drug-likeness (QED) is 0.180. The Kier molecular flexibility index (Phi) is 10.1. The number of ether oxygens (including phenoxy) is 3. The van der Waals surface area contributed by atoms with E-state index in [4.69, 9.17) is 14.2 Å². The zero-order valence-electron chi connectivity index (χ0n) is 21.9. The van der Waals surface area contributed by atoms with E-state index in [1.54, 1.807) is 12.1 Å². The molecule has 8 nitrogen and oxygen atoms in total. The fourth-order valence-electron chi connectivity index (χ4n) is 3.80. The van der Waals surface area contributed by atoms with Crippen molar-refractivity contribution >= 4 is 79.1 Å². The Morgan fingerprint density at radius 3 is 2.38 bits per heavy atom. The minimum Gasteiger partial charge on any atom is -0.495 e. The van der Waals surface area contributed by atoms with Gasteiger partial charge in [-0.3, -0.25) is 19.3 Å². The van der Waals surface area contributed by atoms with Crippen molar-refractivity contribution in [2.24, 2.45) is 0 Å². The molecule has 1 aliphatic rings. The molecule has 0 aliphatic carbocycles. The molecule has 0 atom stereocenters. The number of alkyl halides is 3. The lowest BCUT2D eigenvalue weighted by Crippen LogP contribution is -2.36. The minimum atomic E-state index is -4.65. The predicted molar refractivity (Wildman–Crippen MR) is 163 cm³/mol. The van der Waals surface area contributed by atoms with Crippen LogP contribution in [-0.2, 0) is 22.4 Å². The lowest BCUT2D eigenvalue weighted by molar-refractivity contribution is -0.137. The van der Waals surface area contributed by atoms with Gasteiger partial charge in [-0.2, -0.15) is 13.2 Å². The Balaban J connectivity index is 1.48. The van der Waals surface area contributed by atoms with Gasteiger partial charge in [0.05, 0.1) is 33.9 Å². The molecule has 3 amide bonds. The SMILES string of the molecule is COc1ccc(C(F)(F)F)cc1NC(=O)CN1C(=O)S/C(=C\c2cc(I)c(OCc3ccc(Br)cc3)c(OC)c2)C1=O. The summed E-state index contributed by atoms with van der Waals surface area (Å²) in [5.74, 6) is -0.689. The highest BCUT2D eigenvalue weighted by molar-refractivity contribution is 14.1. The third kappa shape index (κ3) is 7.58. The maximum Gasteiger partial charge on any atom is 0.416 e. The first-order valence-corrected chi connectivity index (χ1v) is 14.6. The highest BCUT2D eigenvalue weighted by Gasteiger charge is 2.37. The molecule has 220 valence electrons. The lowest BCUT2D eigenvalue weighted by atomic mass is 10.1. The Labute approximate surface area is 264 Å². The van der Waals surface area contributed by atoms with Gasteiger partial charge in [-0.05, 0) is 94.0 Å². The zero-order valence-corrected chi connectivity index (χ0v) is 26.4. The highest BCUT2D eigenvalue weighted by atomic mass is 127. The summed E-state index contributed by atoms with van der Waals surface area (Å²) in [5, 5.41) is 1.59. The molecule has 1 heterocycles. The summed E-state index contributed by atoms with van der Waals surface area (Å²) in [7, 11) is 2.71. The molecule has 1 aliphatic heterocycles. The minimum absolute atomic E-state index is 0.0156. The Bertz CT molecular complexity index is 1570. The molecule has 0 saturated carbocycles. The number of imide groups is 1. The molecule has 0 unspecified atom stereocenters. The third-order valence-corrected chi connectivity index (χ3v) is 8.06. The molecule has 4 rings (SSSR count). The summed E-state index contributed by atoms with van der Waals surface area (Å²) in [6.07, 6.45) is -3.16. The van der Waals surface area contributed by atoms with Gasteiger partial charge in [0.15, 0.2) is 11.5 Å². The monoisotopic (exact) mass is 776 g/mol. The van der Waals surface area contributed by atoms with Crippen molar-refractivity contribution < 1.29 is 41.8 Å². The van der Waals surface area contributed by atoms with Crippen LogP contribution >= 0.6 is 50.3 Å². The Hall–Kier alpha value is -3.24. The van der Waals surface area contributed by atoms with Gasteiger partial charge in [0.2, 0.25) is 5.91 Å². The van der Waals surface area contributed by atoms with Crippen molar-refractivity contribution in [2.45, 2.75) is 12.8 Å². The fraction of sp³-hybridized carbons (Fsp3) is 0.179. The number of rotatable bonds is 9. The maximum atomic E-state index is 13.1. The molecule has 0 aromatic heterocycles. The summed E-state index contributed by atoms with van der Waals surface area (Å²) in [6, 6.07) is 13.6. The van der Waals surface area contributed by atoms with Crippen LogP contribution < -0.4 is 19.5 Å². The van der Waals surface area contributed by atoms with Crippen LogP contribution in [0, 0.1) is 3.57 Å². The van der Waals surface area contributed by atoms with Crippen LogP contribution in [0.4, 0.5) is 23.7 Å². The van der Waals surface area contributed by atoms with E-state index in [0.29, 0.717) is 50.0 Å². The molecule has 42 heavy (non-hydrogen) atoms. The van der Waals surface area contributed by atoms with Gasteiger partial charge in [-0.25, -0.2) is 0 Å². The number of hydrogen-bond acceptors (Lipinski definition) is 7. The Morgan fingerprint density at radius 1 is 1.05 bits per heavy atom. The Morgan fingerprint density at radius 2 is 1.74 bits per heavy atom. The molecule has 1 fully saturated rings. The number of carbonyl (C=O) groups is 3. The van der Waals surface area contributed by atoms with Crippen molar-refractivity contribution in [3.63, 3.8) is 0 Å². The van der Waals surface area contributed by atoms with E-state index in [1.807, 2.05) is 24.3 Å². The smallest absolute Gasteiger partial charge is 0.416 e. The first kappa shape index (κ1) is 31.7. The van der Waals surface area contributed by atoms with Gasteiger partial charge in [0, 0.05) is 4.47 Å². The molecule has 1 saturated heterocycles. The molecule has 0 radical (unpaired) electrons. The molecule has 0 spiro atoms. The van der Waals surface area contributed by atoms with Gasteiger partial charge in [0.25, 0.3) is 11.1 Å². The van der Waals surface area contributed by atoms with Crippen molar-refractivity contribution in [2.75, 3.05) is 26.1 Å². The van der Waals surface area contributed by atoms with E-state index < -0.39 is 35.3 Å². The van der Waals surface area contributed by atoms with Crippen LogP contribution in [0.5, 0.6) is 17.2 Å². The number of amides is 3. The van der Waals surface area contributed by atoms with Gasteiger partial charge >= 0.3 is 6.18 Å². The first-order valence-electron chi connectivity index (χ1n) is 11.9. The van der Waals surface area contributed by atoms with E-state index in [0.717, 1.165) is 22.2 Å². The normalized spacial score (nSPS) is 14.4. The van der Waals surface area contributed by atoms with Crippen LogP contribution in [0.3, 0.4) is 0 Å². The molecular formula is C28H21BrF3IN2O6S. The summed E-state index contributed by atoms with van der Waals surface area (Å²) < 4.78 is 57.5. The second-order valence-electron chi connectivity index (χ2n) is 8.68. The summed E-state index contributed by atoms with van der Waals surface area (Å²) in [6.45, 7) is -0.405. The number of anilines is 1. The molecule has 3 aromatic rings. The molecular weight excluding hydrogens is 756 g/mol. The van der Waals surface area contributed by atoms with Crippen molar-refractivity contribution in [1.29, 1.82) is 0 Å². The number of nitrogens with zero attached hydrogens (tertiary/aromatic N) is 1. The van der Waals surface area contributed by atoms with Crippen molar-refractivity contribution in [1.82, 2.24) is 4.90 Å². The largest absolute Gasteiger partial charge is 0.495 e. The number of carbonyl (C=O) groups excluding carboxylic acids is 3. The zero-order chi connectivity index (χ0) is 30.6. The van der Waals surface area contributed by atoms with E-state index >= 15 is 0 Å². The van der Waals surface area contributed by atoms with E-state index in [-0.39, 0.29) is 16.3 Å². The van der Waals surface area contributed by atoms with Crippen LogP contribution in [0.15, 0.2) is 64.0 Å². The number of benzene rings is 3. The molecule has 14 heteroatoms. The number of halogens is 5. The molecule has 3 aromatic carbocycles. The first-order chi connectivity index (χ1) is 19.9. The van der Waals surface area contributed by atoms with Gasteiger partial charge in [-0.1, -0.05) is 28.1 Å². The van der Waals surface area contributed by atoms with Gasteiger partial charge in [0.1, 0.15) is 18.9 Å². The van der Waals surface area contributed by atoms with Crippen molar-refractivity contribution in [3.8, 4) is 17.2 Å². The second kappa shape index (κ2) is 13.4. The predicted octanol–water partition coefficient (Wildman–Crippen LogP) is 7.34. The number of methoxy groups -OCH3 is 2. The maximum absolute atomic E-state index is 13.1.